The van der Waals surface area contributed by atoms with E-state index in [-0.39, 0.29) is 22.5 Å². The minimum atomic E-state index is -2.98. The van der Waals surface area contributed by atoms with E-state index < -0.39 is 27.8 Å². The Morgan fingerprint density at radius 2 is 2.24 bits per heavy atom. The van der Waals surface area contributed by atoms with Crippen LogP contribution in [0.2, 0.25) is 0 Å². The molecule has 0 saturated carbocycles. The van der Waals surface area contributed by atoms with Crippen molar-refractivity contribution in [1.82, 2.24) is 0 Å². The molecular formula is C16H18N2O5S2. The van der Waals surface area contributed by atoms with Crippen molar-refractivity contribution in [3.05, 3.63) is 29.8 Å². The van der Waals surface area contributed by atoms with Gasteiger partial charge in [-0.1, -0.05) is 6.07 Å². The van der Waals surface area contributed by atoms with Gasteiger partial charge in [0.05, 0.1) is 28.9 Å². The largest absolute Gasteiger partial charge is 0.452 e. The van der Waals surface area contributed by atoms with Crippen LogP contribution in [0, 0.1) is 11.3 Å². The normalized spacial score (nSPS) is 19.6. The van der Waals surface area contributed by atoms with Crippen molar-refractivity contribution in [2.75, 3.05) is 22.6 Å². The predicted octanol–water partition coefficient (Wildman–Crippen LogP) is 1.35. The van der Waals surface area contributed by atoms with Crippen molar-refractivity contribution in [1.29, 1.82) is 5.26 Å². The number of hydrogen-bond acceptors (Lipinski definition) is 7. The number of nitrogens with one attached hydrogen (secondary N) is 1. The first-order valence-electron chi connectivity index (χ1n) is 7.61. The van der Waals surface area contributed by atoms with E-state index in [1.54, 1.807) is 18.2 Å². The fourth-order valence-corrected chi connectivity index (χ4v) is 5.70. The SMILES string of the molecule is C[C@@H](OC(=O)CS[C@@H]1CCS(=O)(=O)C1)C(=O)Nc1cccc(C#N)c1. The van der Waals surface area contributed by atoms with E-state index in [4.69, 9.17) is 10.00 Å². The van der Waals surface area contributed by atoms with Crippen molar-refractivity contribution in [3.8, 4) is 6.07 Å². The highest BCUT2D eigenvalue weighted by Crippen LogP contribution is 2.24. The number of esters is 1. The maximum atomic E-state index is 12.0. The van der Waals surface area contributed by atoms with Gasteiger partial charge in [0.1, 0.15) is 0 Å². The van der Waals surface area contributed by atoms with Gasteiger partial charge in [-0.25, -0.2) is 8.42 Å². The van der Waals surface area contributed by atoms with Crippen molar-refractivity contribution >= 4 is 39.2 Å². The molecule has 1 aromatic rings. The third kappa shape index (κ3) is 6.07. The first-order valence-corrected chi connectivity index (χ1v) is 10.5. The number of nitriles is 1. The number of nitrogens with zero attached hydrogens (tertiary/aromatic N) is 1. The second kappa shape index (κ2) is 8.36. The molecule has 9 heteroatoms. The number of anilines is 1. The van der Waals surface area contributed by atoms with E-state index >= 15 is 0 Å². The summed E-state index contributed by atoms with van der Waals surface area (Å²) in [4.78, 5) is 23.8. The van der Waals surface area contributed by atoms with Gasteiger partial charge in [-0.15, -0.1) is 11.8 Å². The van der Waals surface area contributed by atoms with Gasteiger partial charge in [0.25, 0.3) is 5.91 Å². The minimum Gasteiger partial charge on any atom is -0.452 e. The number of amides is 1. The Bertz CT molecular complexity index is 801. The summed E-state index contributed by atoms with van der Waals surface area (Å²) in [6.07, 6.45) is -0.461. The average molecular weight is 382 g/mol. The van der Waals surface area contributed by atoms with Crippen LogP contribution in [0.5, 0.6) is 0 Å². The molecule has 1 aliphatic heterocycles. The zero-order chi connectivity index (χ0) is 18.4. The summed E-state index contributed by atoms with van der Waals surface area (Å²) < 4.78 is 27.8. The van der Waals surface area contributed by atoms with E-state index in [9.17, 15) is 18.0 Å². The molecule has 0 spiro atoms. The summed E-state index contributed by atoms with van der Waals surface area (Å²) in [5.41, 5.74) is 0.850. The van der Waals surface area contributed by atoms with Crippen LogP contribution in [0.25, 0.3) is 0 Å². The van der Waals surface area contributed by atoms with Crippen LogP contribution < -0.4 is 5.32 Å². The smallest absolute Gasteiger partial charge is 0.316 e. The number of thioether (sulfide) groups is 1. The summed E-state index contributed by atoms with van der Waals surface area (Å²) in [7, 11) is -2.98. The molecule has 2 atom stereocenters. The van der Waals surface area contributed by atoms with Gasteiger partial charge < -0.3 is 10.1 Å². The molecule has 0 unspecified atom stereocenters. The van der Waals surface area contributed by atoms with Crippen molar-refractivity contribution < 1.29 is 22.7 Å². The van der Waals surface area contributed by atoms with E-state index in [2.05, 4.69) is 5.32 Å². The lowest BCUT2D eigenvalue weighted by Gasteiger charge is -2.14. The third-order valence-corrected chi connectivity index (χ3v) is 6.82. The predicted molar refractivity (Wildman–Crippen MR) is 94.9 cm³/mol. The van der Waals surface area contributed by atoms with Crippen molar-refractivity contribution in [2.45, 2.75) is 24.7 Å². The third-order valence-electron chi connectivity index (χ3n) is 3.56. The van der Waals surface area contributed by atoms with Crippen LogP contribution >= 0.6 is 11.8 Å². The van der Waals surface area contributed by atoms with Gasteiger partial charge in [0, 0.05) is 10.9 Å². The molecule has 0 radical (unpaired) electrons. The highest BCUT2D eigenvalue weighted by molar-refractivity contribution is 8.02. The minimum absolute atomic E-state index is 0.00171. The molecule has 0 aromatic heterocycles. The van der Waals surface area contributed by atoms with Crippen LogP contribution in [-0.2, 0) is 24.2 Å². The molecule has 2 rings (SSSR count). The van der Waals surface area contributed by atoms with Gasteiger partial charge in [-0.05, 0) is 31.5 Å². The van der Waals surface area contributed by atoms with E-state index in [1.807, 2.05) is 6.07 Å². The summed E-state index contributed by atoms with van der Waals surface area (Å²) in [5.74, 6) is -0.835. The molecular weight excluding hydrogens is 364 g/mol. The molecule has 1 amide bonds. The van der Waals surface area contributed by atoms with Crippen LogP contribution in [0.15, 0.2) is 24.3 Å². The number of sulfone groups is 1. The lowest BCUT2D eigenvalue weighted by molar-refractivity contribution is -0.150. The number of ether oxygens (including phenoxy) is 1. The summed E-state index contributed by atoms with van der Waals surface area (Å²) in [5, 5.41) is 11.3. The Hall–Kier alpha value is -2.05. The van der Waals surface area contributed by atoms with Gasteiger partial charge in [0.2, 0.25) is 0 Å². The van der Waals surface area contributed by atoms with Gasteiger partial charge in [-0.3, -0.25) is 9.59 Å². The van der Waals surface area contributed by atoms with Gasteiger partial charge in [0.15, 0.2) is 15.9 Å². The van der Waals surface area contributed by atoms with Crippen LogP contribution in [-0.4, -0.2) is 48.9 Å². The summed E-state index contributed by atoms with van der Waals surface area (Å²) in [6, 6.07) is 8.36. The monoisotopic (exact) mass is 382 g/mol. The highest BCUT2D eigenvalue weighted by Gasteiger charge is 2.29. The topological polar surface area (TPSA) is 113 Å². The molecule has 0 aliphatic carbocycles. The van der Waals surface area contributed by atoms with E-state index in [0.29, 0.717) is 17.7 Å². The molecule has 1 aromatic carbocycles. The van der Waals surface area contributed by atoms with E-state index in [0.717, 1.165) is 0 Å². The van der Waals surface area contributed by atoms with Crippen LogP contribution in [0.1, 0.15) is 18.9 Å². The molecule has 0 bridgehead atoms. The number of hydrogen-bond donors (Lipinski definition) is 1. The maximum absolute atomic E-state index is 12.0. The molecule has 1 saturated heterocycles. The first kappa shape index (κ1) is 19.3. The standard InChI is InChI=1S/C16H18N2O5S2/c1-11(16(20)18-13-4-2-3-12(7-13)8-17)23-15(19)9-24-14-5-6-25(21,22)10-14/h2-4,7,11,14H,5-6,9-10H2,1H3,(H,18,20)/t11-,14-/m1/s1. The average Bonchev–Trinajstić information content (AvgIpc) is 2.92. The maximum Gasteiger partial charge on any atom is 0.316 e. The fraction of sp³-hybridized carbons (Fsp3) is 0.438. The quantitative estimate of drug-likeness (QED) is 0.739. The summed E-state index contributed by atoms with van der Waals surface area (Å²) in [6.45, 7) is 1.45. The van der Waals surface area contributed by atoms with E-state index in [1.165, 1.54) is 24.8 Å². The lowest BCUT2D eigenvalue weighted by Crippen LogP contribution is -2.30. The zero-order valence-corrected chi connectivity index (χ0v) is 15.2. The first-order chi connectivity index (χ1) is 11.8. The van der Waals surface area contributed by atoms with Crippen LogP contribution in [0.3, 0.4) is 0 Å². The molecule has 134 valence electrons. The number of carbonyl (C=O) groups excluding carboxylic acids is 2. The Morgan fingerprint density at radius 3 is 2.88 bits per heavy atom. The molecule has 1 fully saturated rings. The highest BCUT2D eigenvalue weighted by atomic mass is 32.2. The Morgan fingerprint density at radius 1 is 1.48 bits per heavy atom. The number of rotatable bonds is 6. The van der Waals surface area contributed by atoms with Gasteiger partial charge in [-0.2, -0.15) is 5.26 Å². The second-order valence-corrected chi connectivity index (χ2v) is 9.17. The number of benzene rings is 1. The zero-order valence-electron chi connectivity index (χ0n) is 13.6. The fourth-order valence-electron chi connectivity index (χ4n) is 2.27. The second-order valence-electron chi connectivity index (χ2n) is 5.65. The number of carbonyl (C=O) groups is 2. The Balaban J connectivity index is 1.78. The van der Waals surface area contributed by atoms with Gasteiger partial charge >= 0.3 is 5.97 Å². The van der Waals surface area contributed by atoms with Crippen LogP contribution in [0.4, 0.5) is 5.69 Å². The molecule has 1 N–H and O–H groups in total. The molecule has 7 nitrogen and oxygen atoms in total. The Labute approximate surface area is 150 Å². The van der Waals surface area contributed by atoms with Crippen molar-refractivity contribution in [3.63, 3.8) is 0 Å². The molecule has 1 aliphatic rings. The lowest BCUT2D eigenvalue weighted by atomic mass is 10.2. The Kier molecular flexibility index (Phi) is 6.45. The summed E-state index contributed by atoms with van der Waals surface area (Å²) >= 11 is 1.24. The molecule has 25 heavy (non-hydrogen) atoms. The molecule has 1 heterocycles. The van der Waals surface area contributed by atoms with Crippen molar-refractivity contribution in [2.24, 2.45) is 0 Å².